The van der Waals surface area contributed by atoms with E-state index >= 15 is 0 Å². The molecular formula is C52H67N3O6. The summed E-state index contributed by atoms with van der Waals surface area (Å²) in [5.41, 5.74) is 2.46. The quantitative estimate of drug-likeness (QED) is 0.0277. The van der Waals surface area contributed by atoms with E-state index in [-0.39, 0.29) is 0 Å². The molecule has 0 saturated heterocycles. The van der Waals surface area contributed by atoms with Gasteiger partial charge in [0.15, 0.2) is 11.6 Å². The number of H-pyrrole nitrogens is 1. The molecule has 0 unspecified atom stereocenters. The molecule has 1 aromatic heterocycles. The highest BCUT2D eigenvalue weighted by Gasteiger charge is 2.13. The van der Waals surface area contributed by atoms with Gasteiger partial charge in [-0.1, -0.05) is 129 Å². The van der Waals surface area contributed by atoms with Crippen LogP contribution in [0.25, 0.3) is 22.8 Å². The molecule has 1 N–H and O–H groups in total. The van der Waals surface area contributed by atoms with E-state index in [2.05, 4.69) is 29.0 Å². The van der Waals surface area contributed by atoms with Crippen molar-refractivity contribution in [3.63, 3.8) is 0 Å². The molecule has 5 rings (SSSR count). The van der Waals surface area contributed by atoms with Crippen molar-refractivity contribution >= 4 is 11.9 Å². The molecule has 0 bridgehead atoms. The average Bonchev–Trinajstić information content (AvgIpc) is 3.79. The molecule has 0 radical (unpaired) electrons. The van der Waals surface area contributed by atoms with Crippen molar-refractivity contribution in [3.8, 4) is 45.8 Å². The van der Waals surface area contributed by atoms with Gasteiger partial charge in [0.25, 0.3) is 0 Å². The first-order valence-corrected chi connectivity index (χ1v) is 23.1. The lowest BCUT2D eigenvalue weighted by Crippen LogP contribution is -2.08. The number of esters is 2. The Bertz CT molecular complexity index is 1820. The van der Waals surface area contributed by atoms with E-state index < -0.39 is 11.9 Å². The fourth-order valence-electron chi connectivity index (χ4n) is 7.15. The monoisotopic (exact) mass is 830 g/mol. The fraction of sp³-hybridized carbons (Fsp3) is 0.462. The van der Waals surface area contributed by atoms with Gasteiger partial charge in [-0.2, -0.15) is 0 Å². The van der Waals surface area contributed by atoms with Crippen LogP contribution in [0, 0.1) is 0 Å². The minimum atomic E-state index is -0.442. The Morgan fingerprint density at radius 1 is 0.393 bits per heavy atom. The zero-order valence-electron chi connectivity index (χ0n) is 36.6. The van der Waals surface area contributed by atoms with Crippen molar-refractivity contribution in [2.75, 3.05) is 13.2 Å². The molecule has 5 aromatic rings. The number of ether oxygens (including phenoxy) is 4. The van der Waals surface area contributed by atoms with Crippen LogP contribution in [-0.2, 0) is 0 Å². The zero-order valence-corrected chi connectivity index (χ0v) is 36.6. The van der Waals surface area contributed by atoms with Gasteiger partial charge in [0, 0.05) is 11.1 Å². The third kappa shape index (κ3) is 17.2. The maximum absolute atomic E-state index is 12.8. The Hall–Kier alpha value is -5.44. The number of benzene rings is 4. The van der Waals surface area contributed by atoms with Crippen molar-refractivity contribution in [2.24, 2.45) is 0 Å². The van der Waals surface area contributed by atoms with Gasteiger partial charge in [0.05, 0.1) is 24.3 Å². The van der Waals surface area contributed by atoms with E-state index in [4.69, 9.17) is 18.9 Å². The molecule has 61 heavy (non-hydrogen) atoms. The van der Waals surface area contributed by atoms with Gasteiger partial charge in [0.2, 0.25) is 0 Å². The number of aromatic nitrogens is 3. The maximum Gasteiger partial charge on any atom is 0.343 e. The molecule has 0 amide bonds. The molecule has 0 aliphatic carbocycles. The lowest BCUT2D eigenvalue weighted by Gasteiger charge is -2.08. The lowest BCUT2D eigenvalue weighted by atomic mass is 10.1. The second-order valence-corrected chi connectivity index (χ2v) is 16.0. The van der Waals surface area contributed by atoms with Crippen LogP contribution in [0.3, 0.4) is 0 Å². The highest BCUT2D eigenvalue weighted by molar-refractivity contribution is 5.91. The predicted octanol–water partition coefficient (Wildman–Crippen LogP) is 14.2. The summed E-state index contributed by atoms with van der Waals surface area (Å²) >= 11 is 0. The van der Waals surface area contributed by atoms with Crippen LogP contribution in [0.1, 0.15) is 163 Å². The highest BCUT2D eigenvalue weighted by atomic mass is 16.5. The number of nitrogens with one attached hydrogen (secondary N) is 1. The minimum Gasteiger partial charge on any atom is -0.494 e. The van der Waals surface area contributed by atoms with E-state index in [1.165, 1.54) is 116 Å². The van der Waals surface area contributed by atoms with Crippen LogP contribution in [0.2, 0.25) is 0 Å². The van der Waals surface area contributed by atoms with Gasteiger partial charge in [-0.15, -0.1) is 10.2 Å². The normalized spacial score (nSPS) is 11.0. The first-order chi connectivity index (χ1) is 30.0. The Morgan fingerprint density at radius 3 is 1.02 bits per heavy atom. The van der Waals surface area contributed by atoms with Crippen molar-refractivity contribution in [2.45, 2.75) is 142 Å². The molecule has 1 heterocycles. The van der Waals surface area contributed by atoms with Gasteiger partial charge >= 0.3 is 11.9 Å². The third-order valence-corrected chi connectivity index (χ3v) is 10.9. The summed E-state index contributed by atoms with van der Waals surface area (Å²) in [5, 5.41) is 8.62. The second-order valence-electron chi connectivity index (χ2n) is 16.0. The zero-order chi connectivity index (χ0) is 42.7. The standard InChI is InChI=1S/C52H67N3O6/c1-3-5-7-9-11-13-15-17-19-21-39-58-45-31-27-43(28-32-45)51(56)60-47-35-23-41(24-36-47)49-53-50(55-54-49)42-25-37-48(38-26-42)61-52(57)44-29-33-46(34-30-44)59-40-22-20-18-16-14-12-10-8-6-4-2/h23-38H,3-22,39-40H2,1-2H3,(H,53,54,55). The number of carbonyl (C=O) groups is 2. The van der Waals surface area contributed by atoms with Crippen LogP contribution >= 0.6 is 0 Å². The predicted molar refractivity (Wildman–Crippen MR) is 245 cm³/mol. The van der Waals surface area contributed by atoms with Crippen molar-refractivity contribution in [1.82, 2.24) is 15.2 Å². The number of carbonyl (C=O) groups excluding carboxylic acids is 2. The average molecular weight is 830 g/mol. The molecular weight excluding hydrogens is 763 g/mol. The lowest BCUT2D eigenvalue weighted by molar-refractivity contribution is 0.0725. The number of hydrogen-bond acceptors (Lipinski definition) is 8. The SMILES string of the molecule is CCCCCCCCCCCCOc1ccc(C(=O)Oc2ccc(-c3nnc(-c4ccc(OC(=O)c5ccc(OCCCCCCCCCCCC)cc5)cc4)[nH]3)cc2)cc1. The summed E-state index contributed by atoms with van der Waals surface area (Å²) in [6, 6.07) is 28.3. The Kier molecular flexibility index (Phi) is 21.0. The Labute approximate surface area is 364 Å². The van der Waals surface area contributed by atoms with Crippen LogP contribution in [0.4, 0.5) is 0 Å². The van der Waals surface area contributed by atoms with Crippen molar-refractivity contribution < 1.29 is 28.5 Å². The van der Waals surface area contributed by atoms with Gasteiger partial charge in [0.1, 0.15) is 23.0 Å². The summed E-state index contributed by atoms with van der Waals surface area (Å²) < 4.78 is 23.0. The van der Waals surface area contributed by atoms with E-state index in [1.54, 1.807) is 48.5 Å². The summed E-state index contributed by atoms with van der Waals surface area (Å²) in [5.74, 6) is 2.58. The molecule has 0 aliphatic heterocycles. The minimum absolute atomic E-state index is 0.420. The first-order valence-electron chi connectivity index (χ1n) is 23.1. The van der Waals surface area contributed by atoms with Crippen LogP contribution in [0.5, 0.6) is 23.0 Å². The number of unbranched alkanes of at least 4 members (excludes halogenated alkanes) is 18. The van der Waals surface area contributed by atoms with Crippen LogP contribution < -0.4 is 18.9 Å². The molecule has 0 spiro atoms. The molecule has 0 aliphatic rings. The smallest absolute Gasteiger partial charge is 0.343 e. The Balaban J connectivity index is 0.977. The van der Waals surface area contributed by atoms with E-state index in [0.29, 0.717) is 47.5 Å². The molecule has 326 valence electrons. The number of hydrogen-bond donors (Lipinski definition) is 1. The van der Waals surface area contributed by atoms with Gasteiger partial charge < -0.3 is 23.9 Å². The number of aromatic amines is 1. The number of nitrogens with zero attached hydrogens (tertiary/aromatic N) is 2. The molecule has 9 nitrogen and oxygen atoms in total. The van der Waals surface area contributed by atoms with Gasteiger partial charge in [-0.25, -0.2) is 9.59 Å². The van der Waals surface area contributed by atoms with E-state index in [9.17, 15) is 9.59 Å². The number of rotatable bonds is 30. The third-order valence-electron chi connectivity index (χ3n) is 10.9. The maximum atomic E-state index is 12.8. The topological polar surface area (TPSA) is 113 Å². The summed E-state index contributed by atoms with van der Waals surface area (Å²) in [7, 11) is 0. The molecule has 0 atom stereocenters. The molecule has 0 saturated carbocycles. The molecule has 9 heteroatoms. The molecule has 4 aromatic carbocycles. The second kappa shape index (κ2) is 27.4. The van der Waals surface area contributed by atoms with Gasteiger partial charge in [-0.3, -0.25) is 0 Å². The summed E-state index contributed by atoms with van der Waals surface area (Å²) in [6.45, 7) is 5.86. The van der Waals surface area contributed by atoms with Gasteiger partial charge in [-0.05, 0) is 110 Å². The largest absolute Gasteiger partial charge is 0.494 e. The van der Waals surface area contributed by atoms with Crippen LogP contribution in [0.15, 0.2) is 97.1 Å². The van der Waals surface area contributed by atoms with Crippen molar-refractivity contribution in [1.29, 1.82) is 0 Å². The highest BCUT2D eigenvalue weighted by Crippen LogP contribution is 2.26. The van der Waals surface area contributed by atoms with Crippen LogP contribution in [-0.4, -0.2) is 40.3 Å². The van der Waals surface area contributed by atoms with Crippen molar-refractivity contribution in [3.05, 3.63) is 108 Å². The fourth-order valence-corrected chi connectivity index (χ4v) is 7.15. The first kappa shape index (κ1) is 46.6. The van der Waals surface area contributed by atoms with E-state index in [1.807, 2.05) is 48.5 Å². The summed E-state index contributed by atoms with van der Waals surface area (Å²) in [4.78, 5) is 28.9. The van der Waals surface area contributed by atoms with E-state index in [0.717, 1.165) is 35.5 Å². The molecule has 0 fully saturated rings. The summed E-state index contributed by atoms with van der Waals surface area (Å²) in [6.07, 6.45) is 25.7. The Morgan fingerprint density at radius 2 is 0.689 bits per heavy atom.